The van der Waals surface area contributed by atoms with Crippen LogP contribution in [0.15, 0.2) is 12.1 Å². The van der Waals surface area contributed by atoms with Gasteiger partial charge in [-0.25, -0.2) is 0 Å². The minimum Gasteiger partial charge on any atom is -0.0936 e. The highest BCUT2D eigenvalue weighted by Gasteiger charge is 2.20. The minimum atomic E-state index is 0.796. The summed E-state index contributed by atoms with van der Waals surface area (Å²) in [5.41, 5.74) is 4.78. The largest absolute Gasteiger partial charge is 0.0936 e. The minimum absolute atomic E-state index is 0.796. The summed E-state index contributed by atoms with van der Waals surface area (Å²) < 4.78 is 0. The third-order valence-corrected chi connectivity index (χ3v) is 3.97. The van der Waals surface area contributed by atoms with Crippen LogP contribution in [-0.4, -0.2) is 6.66 Å². The molecule has 1 aliphatic rings. The Morgan fingerprint density at radius 1 is 1.38 bits per heavy atom. The summed E-state index contributed by atoms with van der Waals surface area (Å²) in [6.07, 6.45) is 2.65. The average molecular weight is 192 g/mol. The van der Waals surface area contributed by atoms with Crippen LogP contribution < -0.4 is 5.30 Å². The molecule has 0 aromatic heterocycles. The fourth-order valence-electron chi connectivity index (χ4n) is 2.44. The molecule has 0 saturated carbocycles. The molecule has 0 amide bonds. The molecule has 2 unspecified atom stereocenters. The first-order valence-electron chi connectivity index (χ1n) is 5.03. The maximum atomic E-state index is 2.42. The zero-order valence-electron chi connectivity index (χ0n) is 8.65. The van der Waals surface area contributed by atoms with Crippen LogP contribution in [0.1, 0.15) is 36.0 Å². The summed E-state index contributed by atoms with van der Waals surface area (Å²) in [4.78, 5) is 0. The first kappa shape index (κ1) is 9.21. The third kappa shape index (κ3) is 1.53. The van der Waals surface area contributed by atoms with E-state index >= 15 is 0 Å². The Kier molecular flexibility index (Phi) is 2.43. The molecule has 1 aliphatic carbocycles. The van der Waals surface area contributed by atoms with Crippen molar-refractivity contribution in [1.82, 2.24) is 0 Å². The van der Waals surface area contributed by atoms with Crippen LogP contribution in [0.4, 0.5) is 0 Å². The highest BCUT2D eigenvalue weighted by atomic mass is 31.1. The maximum Gasteiger partial charge on any atom is -0.0182 e. The standard InChI is InChI=1S/C12H17P/c1-8-4-5-10-7-11(13-3)6-9(2)12(8)10/h6-8,13H,4-5H2,1-3H3. The molecule has 1 aromatic rings. The molecule has 70 valence electrons. The van der Waals surface area contributed by atoms with E-state index in [4.69, 9.17) is 0 Å². The molecular weight excluding hydrogens is 175 g/mol. The molecule has 0 nitrogen and oxygen atoms in total. The van der Waals surface area contributed by atoms with Crippen LogP contribution in [0.2, 0.25) is 0 Å². The monoisotopic (exact) mass is 192 g/mol. The molecule has 0 fully saturated rings. The lowest BCUT2D eigenvalue weighted by Gasteiger charge is -2.10. The van der Waals surface area contributed by atoms with Crippen LogP contribution in [0.3, 0.4) is 0 Å². The van der Waals surface area contributed by atoms with E-state index < -0.39 is 0 Å². The van der Waals surface area contributed by atoms with Crippen molar-refractivity contribution in [2.24, 2.45) is 0 Å². The molecule has 0 saturated heterocycles. The average Bonchev–Trinajstić information content (AvgIpc) is 2.48. The third-order valence-electron chi connectivity index (χ3n) is 3.10. The van der Waals surface area contributed by atoms with Gasteiger partial charge in [-0.3, -0.25) is 0 Å². The molecule has 0 aliphatic heterocycles. The van der Waals surface area contributed by atoms with E-state index in [1.54, 1.807) is 11.1 Å². The van der Waals surface area contributed by atoms with Gasteiger partial charge in [0.1, 0.15) is 0 Å². The van der Waals surface area contributed by atoms with E-state index in [9.17, 15) is 0 Å². The van der Waals surface area contributed by atoms with E-state index in [0.717, 1.165) is 14.5 Å². The predicted octanol–water partition coefficient (Wildman–Crippen LogP) is 2.98. The van der Waals surface area contributed by atoms with Crippen molar-refractivity contribution < 1.29 is 0 Å². The molecule has 0 bridgehead atoms. The Labute approximate surface area is 82.5 Å². The number of hydrogen-bond donors (Lipinski definition) is 0. The lowest BCUT2D eigenvalue weighted by Crippen LogP contribution is -2.00. The van der Waals surface area contributed by atoms with Crippen molar-refractivity contribution in [3.05, 3.63) is 28.8 Å². The second-order valence-corrected chi connectivity index (χ2v) is 5.13. The summed E-state index contributed by atoms with van der Waals surface area (Å²) in [7, 11) is 0.942. The number of benzene rings is 1. The first-order valence-corrected chi connectivity index (χ1v) is 6.53. The molecule has 1 heteroatoms. The molecule has 0 spiro atoms. The van der Waals surface area contributed by atoms with Gasteiger partial charge in [0.2, 0.25) is 0 Å². The van der Waals surface area contributed by atoms with E-state index in [1.165, 1.54) is 23.7 Å². The van der Waals surface area contributed by atoms with Crippen molar-refractivity contribution in [1.29, 1.82) is 0 Å². The van der Waals surface area contributed by atoms with Crippen LogP contribution >= 0.6 is 8.58 Å². The van der Waals surface area contributed by atoms with Gasteiger partial charge in [-0.15, -0.1) is 0 Å². The zero-order valence-corrected chi connectivity index (χ0v) is 9.65. The van der Waals surface area contributed by atoms with Crippen molar-refractivity contribution in [2.75, 3.05) is 6.66 Å². The van der Waals surface area contributed by atoms with E-state index in [1.807, 2.05) is 0 Å². The van der Waals surface area contributed by atoms with Gasteiger partial charge in [0.25, 0.3) is 0 Å². The summed E-state index contributed by atoms with van der Waals surface area (Å²) in [6.45, 7) is 6.89. The van der Waals surface area contributed by atoms with Gasteiger partial charge in [0.05, 0.1) is 0 Å². The highest BCUT2D eigenvalue weighted by molar-refractivity contribution is 7.46. The highest BCUT2D eigenvalue weighted by Crippen LogP contribution is 2.34. The summed E-state index contributed by atoms with van der Waals surface area (Å²) in [5, 5.41) is 1.53. The van der Waals surface area contributed by atoms with E-state index in [2.05, 4.69) is 32.6 Å². The van der Waals surface area contributed by atoms with Gasteiger partial charge in [-0.1, -0.05) is 27.6 Å². The molecule has 1 aromatic carbocycles. The van der Waals surface area contributed by atoms with Gasteiger partial charge < -0.3 is 0 Å². The quantitative estimate of drug-likeness (QED) is 0.600. The maximum absolute atomic E-state index is 2.42. The second-order valence-electron chi connectivity index (χ2n) is 4.06. The molecule has 0 N–H and O–H groups in total. The fourth-order valence-corrected chi connectivity index (χ4v) is 3.12. The number of rotatable bonds is 1. The topological polar surface area (TPSA) is 0 Å². The molecule has 13 heavy (non-hydrogen) atoms. The lowest BCUT2D eigenvalue weighted by molar-refractivity contribution is 0.744. The van der Waals surface area contributed by atoms with Crippen molar-refractivity contribution in [2.45, 2.75) is 32.6 Å². The Bertz CT molecular complexity index is 328. The zero-order chi connectivity index (χ0) is 9.42. The van der Waals surface area contributed by atoms with Crippen molar-refractivity contribution in [3.8, 4) is 0 Å². The van der Waals surface area contributed by atoms with Crippen molar-refractivity contribution >= 4 is 13.9 Å². The number of fused-ring (bicyclic) bond motifs is 1. The SMILES string of the molecule is CPc1cc(C)c2c(c1)CCC2C. The van der Waals surface area contributed by atoms with Crippen LogP contribution in [0, 0.1) is 6.92 Å². The first-order chi connectivity index (χ1) is 6.22. The molecule has 2 rings (SSSR count). The van der Waals surface area contributed by atoms with Crippen molar-refractivity contribution in [3.63, 3.8) is 0 Å². The Morgan fingerprint density at radius 2 is 2.15 bits per heavy atom. The Morgan fingerprint density at radius 3 is 2.85 bits per heavy atom. The number of aryl methyl sites for hydroxylation is 2. The molecular formula is C12H17P. The Hall–Kier alpha value is -0.350. The van der Waals surface area contributed by atoms with Crippen LogP contribution in [-0.2, 0) is 6.42 Å². The fraction of sp³-hybridized carbons (Fsp3) is 0.500. The van der Waals surface area contributed by atoms with Gasteiger partial charge in [0, 0.05) is 0 Å². The summed E-state index contributed by atoms with van der Waals surface area (Å²) in [5.74, 6) is 0.796. The van der Waals surface area contributed by atoms with E-state index in [0.29, 0.717) is 0 Å². The van der Waals surface area contributed by atoms with Crippen LogP contribution in [0.5, 0.6) is 0 Å². The predicted molar refractivity (Wildman–Crippen MR) is 61.8 cm³/mol. The summed E-state index contributed by atoms with van der Waals surface area (Å²) in [6, 6.07) is 4.80. The Balaban J connectivity index is 2.53. The lowest BCUT2D eigenvalue weighted by atomic mass is 9.98. The van der Waals surface area contributed by atoms with E-state index in [-0.39, 0.29) is 0 Å². The molecule has 2 atom stereocenters. The molecule has 0 heterocycles. The van der Waals surface area contributed by atoms with Gasteiger partial charge in [-0.05, 0) is 54.3 Å². The molecule has 0 radical (unpaired) electrons. The van der Waals surface area contributed by atoms with Crippen LogP contribution in [0.25, 0.3) is 0 Å². The number of hydrogen-bond acceptors (Lipinski definition) is 0. The normalized spacial score (nSPS) is 21.3. The smallest absolute Gasteiger partial charge is 0.0182 e. The summed E-state index contributed by atoms with van der Waals surface area (Å²) >= 11 is 0. The van der Waals surface area contributed by atoms with Gasteiger partial charge >= 0.3 is 0 Å². The van der Waals surface area contributed by atoms with Gasteiger partial charge in [-0.2, -0.15) is 0 Å². The van der Waals surface area contributed by atoms with Gasteiger partial charge in [0.15, 0.2) is 0 Å². The second kappa shape index (κ2) is 3.42.